The number of rotatable bonds is 5. The van der Waals surface area contributed by atoms with E-state index in [1.54, 1.807) is 42.5 Å². The van der Waals surface area contributed by atoms with Crippen LogP contribution in [-0.4, -0.2) is 11.8 Å². The van der Waals surface area contributed by atoms with Crippen LogP contribution in [0.4, 0.5) is 5.00 Å². The molecular weight excluding hydrogens is 338 g/mol. The Bertz CT molecular complexity index is 939. The Labute approximate surface area is 147 Å². The highest BCUT2D eigenvalue weighted by Gasteiger charge is 2.13. The number of furan rings is 1. The first-order valence-corrected chi connectivity index (χ1v) is 8.19. The SMILES string of the molecule is N#Cc1cccc(CNC(=O)c2ccc(NC(=O)c3ccco3)s2)c1. The minimum absolute atomic E-state index is 0.205. The summed E-state index contributed by atoms with van der Waals surface area (Å²) in [6.45, 7) is 0.320. The van der Waals surface area contributed by atoms with Gasteiger partial charge in [0.1, 0.15) is 0 Å². The topological polar surface area (TPSA) is 95.1 Å². The van der Waals surface area contributed by atoms with Crippen LogP contribution < -0.4 is 10.6 Å². The number of nitrogens with zero attached hydrogens (tertiary/aromatic N) is 1. The highest BCUT2D eigenvalue weighted by molar-refractivity contribution is 7.18. The van der Waals surface area contributed by atoms with Gasteiger partial charge in [0.25, 0.3) is 11.8 Å². The van der Waals surface area contributed by atoms with Crippen LogP contribution in [-0.2, 0) is 6.54 Å². The second-order valence-electron chi connectivity index (χ2n) is 5.09. The zero-order valence-corrected chi connectivity index (χ0v) is 13.8. The van der Waals surface area contributed by atoms with Gasteiger partial charge in [-0.1, -0.05) is 12.1 Å². The van der Waals surface area contributed by atoms with Crippen LogP contribution in [0, 0.1) is 11.3 Å². The predicted molar refractivity (Wildman–Crippen MR) is 93.3 cm³/mol. The van der Waals surface area contributed by atoms with Crippen LogP contribution in [0.25, 0.3) is 0 Å². The number of hydrogen-bond acceptors (Lipinski definition) is 5. The summed E-state index contributed by atoms with van der Waals surface area (Å²) in [5, 5.41) is 14.9. The van der Waals surface area contributed by atoms with E-state index in [0.717, 1.165) is 5.56 Å². The number of nitrogens with one attached hydrogen (secondary N) is 2. The molecule has 6 nitrogen and oxygen atoms in total. The largest absolute Gasteiger partial charge is 0.459 e. The Hall–Kier alpha value is -3.37. The highest BCUT2D eigenvalue weighted by atomic mass is 32.1. The molecule has 3 rings (SSSR count). The molecule has 0 bridgehead atoms. The van der Waals surface area contributed by atoms with Gasteiger partial charge in [0.2, 0.25) is 0 Å². The van der Waals surface area contributed by atoms with E-state index in [1.807, 2.05) is 6.07 Å². The van der Waals surface area contributed by atoms with Crippen molar-refractivity contribution in [1.82, 2.24) is 5.32 Å². The van der Waals surface area contributed by atoms with E-state index in [2.05, 4.69) is 16.7 Å². The highest BCUT2D eigenvalue weighted by Crippen LogP contribution is 2.22. The molecule has 3 aromatic rings. The molecule has 0 fully saturated rings. The molecule has 0 radical (unpaired) electrons. The van der Waals surface area contributed by atoms with Crippen LogP contribution in [0.2, 0.25) is 0 Å². The Morgan fingerprint density at radius 2 is 2.00 bits per heavy atom. The van der Waals surface area contributed by atoms with Gasteiger partial charge in [-0.15, -0.1) is 11.3 Å². The molecule has 1 aromatic carbocycles. The Morgan fingerprint density at radius 3 is 2.76 bits per heavy atom. The first kappa shape index (κ1) is 16.5. The molecule has 2 aromatic heterocycles. The summed E-state index contributed by atoms with van der Waals surface area (Å²) in [5.74, 6) is -0.408. The molecule has 25 heavy (non-hydrogen) atoms. The second kappa shape index (κ2) is 7.47. The third-order valence-electron chi connectivity index (χ3n) is 3.32. The molecular formula is C18H13N3O3S. The molecule has 2 heterocycles. The van der Waals surface area contributed by atoms with Gasteiger partial charge in [-0.25, -0.2) is 0 Å². The third kappa shape index (κ3) is 4.13. The van der Waals surface area contributed by atoms with Crippen LogP contribution in [0.5, 0.6) is 0 Å². The van der Waals surface area contributed by atoms with Gasteiger partial charge in [-0.3, -0.25) is 9.59 Å². The normalized spacial score (nSPS) is 10.0. The zero-order chi connectivity index (χ0) is 17.6. The van der Waals surface area contributed by atoms with Crippen molar-refractivity contribution >= 4 is 28.2 Å². The standard InChI is InChI=1S/C18H13N3O3S/c19-10-12-3-1-4-13(9-12)11-20-18(23)15-6-7-16(25-15)21-17(22)14-5-2-8-24-14/h1-9H,11H2,(H,20,23)(H,21,22). The van der Waals surface area contributed by atoms with E-state index >= 15 is 0 Å². The van der Waals surface area contributed by atoms with Crippen molar-refractivity contribution in [2.45, 2.75) is 6.54 Å². The predicted octanol–water partition coefficient (Wildman–Crippen LogP) is 3.40. The molecule has 0 saturated carbocycles. The lowest BCUT2D eigenvalue weighted by molar-refractivity contribution is 0.0953. The summed E-state index contributed by atoms with van der Waals surface area (Å²) in [6, 6.07) is 15.6. The van der Waals surface area contributed by atoms with Crippen molar-refractivity contribution < 1.29 is 14.0 Å². The summed E-state index contributed by atoms with van der Waals surface area (Å²) in [4.78, 5) is 24.6. The van der Waals surface area contributed by atoms with Crippen molar-refractivity contribution in [2.75, 3.05) is 5.32 Å². The van der Waals surface area contributed by atoms with E-state index in [-0.39, 0.29) is 17.6 Å². The third-order valence-corrected chi connectivity index (χ3v) is 4.32. The van der Waals surface area contributed by atoms with Gasteiger partial charge >= 0.3 is 0 Å². The average molecular weight is 351 g/mol. The first-order valence-electron chi connectivity index (χ1n) is 7.37. The molecule has 0 unspecified atom stereocenters. The first-order chi connectivity index (χ1) is 12.2. The number of carbonyl (C=O) groups excluding carboxylic acids is 2. The van der Waals surface area contributed by atoms with Crippen molar-refractivity contribution in [3.8, 4) is 6.07 Å². The summed E-state index contributed by atoms with van der Waals surface area (Å²) in [7, 11) is 0. The molecule has 0 spiro atoms. The molecule has 124 valence electrons. The molecule has 7 heteroatoms. The minimum Gasteiger partial charge on any atom is -0.459 e. The van der Waals surface area contributed by atoms with Crippen LogP contribution in [0.3, 0.4) is 0 Å². The van der Waals surface area contributed by atoms with Gasteiger partial charge in [-0.05, 0) is 42.0 Å². The van der Waals surface area contributed by atoms with Gasteiger partial charge in [0.05, 0.1) is 27.8 Å². The summed E-state index contributed by atoms with van der Waals surface area (Å²) in [5.41, 5.74) is 1.39. The molecule has 0 atom stereocenters. The number of benzene rings is 1. The lowest BCUT2D eigenvalue weighted by Gasteiger charge is -2.04. The van der Waals surface area contributed by atoms with E-state index in [9.17, 15) is 9.59 Å². The van der Waals surface area contributed by atoms with E-state index in [4.69, 9.17) is 9.68 Å². The number of carbonyl (C=O) groups is 2. The maximum Gasteiger partial charge on any atom is 0.291 e. The van der Waals surface area contributed by atoms with Crippen LogP contribution >= 0.6 is 11.3 Å². The van der Waals surface area contributed by atoms with Gasteiger partial charge in [0.15, 0.2) is 5.76 Å². The number of amides is 2. The summed E-state index contributed by atoms with van der Waals surface area (Å²) < 4.78 is 5.02. The molecule has 0 aliphatic carbocycles. The molecule has 0 saturated heterocycles. The fourth-order valence-corrected chi connectivity index (χ4v) is 2.95. The molecule has 0 aliphatic heterocycles. The van der Waals surface area contributed by atoms with Crippen LogP contribution in [0.1, 0.15) is 31.4 Å². The quantitative estimate of drug-likeness (QED) is 0.736. The van der Waals surface area contributed by atoms with E-state index in [1.165, 1.54) is 17.6 Å². The number of nitriles is 1. The summed E-state index contributed by atoms with van der Waals surface area (Å²) >= 11 is 1.17. The van der Waals surface area contributed by atoms with Crippen LogP contribution in [0.15, 0.2) is 59.2 Å². The van der Waals surface area contributed by atoms with E-state index in [0.29, 0.717) is 22.0 Å². The fraction of sp³-hybridized carbons (Fsp3) is 0.0556. The van der Waals surface area contributed by atoms with Gasteiger partial charge in [-0.2, -0.15) is 5.26 Å². The monoisotopic (exact) mass is 351 g/mol. The second-order valence-corrected chi connectivity index (χ2v) is 6.17. The Kier molecular flexibility index (Phi) is 4.92. The minimum atomic E-state index is -0.368. The van der Waals surface area contributed by atoms with Crippen molar-refractivity contribution in [3.05, 3.63) is 76.6 Å². The zero-order valence-electron chi connectivity index (χ0n) is 13.0. The lowest BCUT2D eigenvalue weighted by Crippen LogP contribution is -2.21. The molecule has 2 N–H and O–H groups in total. The number of anilines is 1. The maximum absolute atomic E-state index is 12.2. The van der Waals surface area contributed by atoms with E-state index < -0.39 is 0 Å². The van der Waals surface area contributed by atoms with Crippen molar-refractivity contribution in [3.63, 3.8) is 0 Å². The molecule has 2 amide bonds. The fourth-order valence-electron chi connectivity index (χ4n) is 2.13. The Morgan fingerprint density at radius 1 is 1.12 bits per heavy atom. The maximum atomic E-state index is 12.2. The van der Waals surface area contributed by atoms with Gasteiger partial charge < -0.3 is 15.1 Å². The number of hydrogen-bond donors (Lipinski definition) is 2. The number of thiophene rings is 1. The molecule has 0 aliphatic rings. The average Bonchev–Trinajstić information content (AvgIpc) is 3.31. The Balaban J connectivity index is 1.59. The van der Waals surface area contributed by atoms with Crippen molar-refractivity contribution in [2.24, 2.45) is 0 Å². The smallest absolute Gasteiger partial charge is 0.291 e. The summed E-state index contributed by atoms with van der Waals surface area (Å²) in [6.07, 6.45) is 1.42. The van der Waals surface area contributed by atoms with Crippen molar-refractivity contribution in [1.29, 1.82) is 5.26 Å². The lowest BCUT2D eigenvalue weighted by atomic mass is 10.1. The van der Waals surface area contributed by atoms with Gasteiger partial charge in [0, 0.05) is 6.54 Å².